The van der Waals surface area contributed by atoms with Crippen LogP contribution < -0.4 is 5.23 Å². The lowest BCUT2D eigenvalue weighted by molar-refractivity contribution is 0.101. The minimum atomic E-state index is 0.430. The molecule has 6 heteroatoms. The summed E-state index contributed by atoms with van der Waals surface area (Å²) in [7, 11) is 2.08. The fraction of sp³-hybridized carbons (Fsp3) is 0.636. The van der Waals surface area contributed by atoms with Gasteiger partial charge >= 0.3 is 0 Å². The van der Waals surface area contributed by atoms with Gasteiger partial charge in [-0.3, -0.25) is 4.90 Å². The number of nitrogens with zero attached hydrogens (tertiary/aromatic N) is 4. The lowest BCUT2D eigenvalue weighted by atomic mass is 9.94. The molecule has 0 radical (unpaired) electrons. The first-order valence-corrected chi connectivity index (χ1v) is 11.0. The van der Waals surface area contributed by atoms with Gasteiger partial charge in [0.2, 0.25) is 0 Å². The Morgan fingerprint density at radius 3 is 2.36 bits per heavy atom. The van der Waals surface area contributed by atoms with E-state index in [9.17, 15) is 0 Å². The molecule has 0 amide bonds. The number of piperidine rings is 1. The molecule has 0 saturated carbocycles. The van der Waals surface area contributed by atoms with E-state index < -0.39 is 0 Å². The SMILES string of the molecule is BNC(CCN1C2CCC1CC(n1c(C)nnc1C(C)C)C2)c1ccccc1. The molecule has 2 aliphatic rings. The maximum atomic E-state index is 4.48. The molecule has 0 spiro atoms. The molecule has 2 bridgehead atoms. The van der Waals surface area contributed by atoms with Crippen molar-refractivity contribution in [3.63, 3.8) is 0 Å². The molecule has 0 aliphatic carbocycles. The standard InChI is InChI=1S/C22H34BN5/c1-15(2)22-26-25-16(3)28(22)20-13-18-9-10-19(14-20)27(18)12-11-21(24-23)17-7-5-4-6-8-17/h4-8,15,18-21,24H,9-14,23H2,1-3H3. The van der Waals surface area contributed by atoms with E-state index in [1.54, 1.807) is 0 Å². The molecule has 2 aromatic rings. The lowest BCUT2D eigenvalue weighted by Crippen LogP contribution is -2.45. The van der Waals surface area contributed by atoms with E-state index in [0.717, 1.165) is 11.6 Å². The zero-order chi connectivity index (χ0) is 19.7. The van der Waals surface area contributed by atoms with Crippen molar-refractivity contribution in [1.29, 1.82) is 0 Å². The number of nitrogens with one attached hydrogen (secondary N) is 1. The van der Waals surface area contributed by atoms with Crippen molar-refractivity contribution in [2.75, 3.05) is 6.54 Å². The summed E-state index contributed by atoms with van der Waals surface area (Å²) in [6.07, 6.45) is 6.33. The first kappa shape index (κ1) is 19.7. The molecule has 2 fully saturated rings. The fourth-order valence-electron chi connectivity index (χ4n) is 5.49. The lowest BCUT2D eigenvalue weighted by Gasteiger charge is -2.40. The summed E-state index contributed by atoms with van der Waals surface area (Å²) in [4.78, 5) is 2.80. The second-order valence-electron chi connectivity index (χ2n) is 8.92. The van der Waals surface area contributed by atoms with Crippen molar-refractivity contribution < 1.29 is 0 Å². The van der Waals surface area contributed by atoms with Crippen molar-refractivity contribution >= 4 is 7.98 Å². The molecule has 28 heavy (non-hydrogen) atoms. The second kappa shape index (κ2) is 8.38. The summed E-state index contributed by atoms with van der Waals surface area (Å²) in [5, 5.41) is 12.4. The summed E-state index contributed by atoms with van der Waals surface area (Å²) in [5.74, 6) is 2.68. The zero-order valence-electron chi connectivity index (χ0n) is 17.8. The smallest absolute Gasteiger partial charge is 0.182 e. The average molecular weight is 379 g/mol. The molecule has 150 valence electrons. The van der Waals surface area contributed by atoms with E-state index in [0.29, 0.717) is 30.1 Å². The third-order valence-corrected chi connectivity index (χ3v) is 6.86. The molecular formula is C22H34BN5. The van der Waals surface area contributed by atoms with Gasteiger partial charge in [0.1, 0.15) is 11.6 Å². The van der Waals surface area contributed by atoms with E-state index in [2.05, 4.69) is 84.0 Å². The van der Waals surface area contributed by atoms with Crippen LogP contribution in [0.2, 0.25) is 0 Å². The normalized spacial score (nSPS) is 26.1. The molecule has 1 N–H and O–H groups in total. The summed E-state index contributed by atoms with van der Waals surface area (Å²) in [5.41, 5.74) is 1.40. The average Bonchev–Trinajstić information content (AvgIpc) is 3.19. The Labute approximate surface area is 170 Å². The van der Waals surface area contributed by atoms with Crippen molar-refractivity contribution in [1.82, 2.24) is 24.9 Å². The van der Waals surface area contributed by atoms with Crippen LogP contribution in [0.15, 0.2) is 30.3 Å². The monoisotopic (exact) mass is 379 g/mol. The van der Waals surface area contributed by atoms with Crippen LogP contribution in [0.3, 0.4) is 0 Å². The third-order valence-electron chi connectivity index (χ3n) is 6.86. The van der Waals surface area contributed by atoms with E-state index in [1.165, 1.54) is 44.2 Å². The molecule has 2 aliphatic heterocycles. The molecule has 4 rings (SSSR count). The zero-order valence-corrected chi connectivity index (χ0v) is 17.8. The number of rotatable bonds is 7. The van der Waals surface area contributed by atoms with Gasteiger partial charge in [0.15, 0.2) is 7.98 Å². The number of aromatic nitrogens is 3. The topological polar surface area (TPSA) is 46.0 Å². The number of hydrogen-bond donors (Lipinski definition) is 1. The van der Waals surface area contributed by atoms with Gasteiger partial charge < -0.3 is 9.79 Å². The number of benzene rings is 1. The Morgan fingerprint density at radius 2 is 1.75 bits per heavy atom. The van der Waals surface area contributed by atoms with Crippen molar-refractivity contribution in [2.24, 2.45) is 0 Å². The van der Waals surface area contributed by atoms with Gasteiger partial charge in [0.25, 0.3) is 0 Å². The van der Waals surface area contributed by atoms with Gasteiger partial charge in [-0.25, -0.2) is 0 Å². The number of fused-ring (bicyclic) bond motifs is 2. The molecule has 2 saturated heterocycles. The van der Waals surface area contributed by atoms with Crippen molar-refractivity contribution in [3.8, 4) is 0 Å². The summed E-state index contributed by atoms with van der Waals surface area (Å²) >= 11 is 0. The Bertz CT molecular complexity index is 760. The molecule has 1 aromatic carbocycles. The largest absolute Gasteiger partial charge is 0.356 e. The Hall–Kier alpha value is -1.66. The highest BCUT2D eigenvalue weighted by Crippen LogP contribution is 2.42. The Kier molecular flexibility index (Phi) is 5.88. The van der Waals surface area contributed by atoms with Crippen molar-refractivity contribution in [3.05, 3.63) is 47.5 Å². The van der Waals surface area contributed by atoms with Crippen LogP contribution in [0.25, 0.3) is 0 Å². The van der Waals surface area contributed by atoms with E-state index in [1.807, 2.05) is 0 Å². The first-order valence-electron chi connectivity index (χ1n) is 11.0. The predicted octanol–water partition coefficient (Wildman–Crippen LogP) is 3.15. The number of hydrogen-bond acceptors (Lipinski definition) is 4. The van der Waals surface area contributed by atoms with E-state index in [-0.39, 0.29) is 0 Å². The summed E-state index contributed by atoms with van der Waals surface area (Å²) in [6.45, 7) is 7.75. The van der Waals surface area contributed by atoms with Crippen LogP contribution in [0.4, 0.5) is 0 Å². The maximum absolute atomic E-state index is 4.48. The summed E-state index contributed by atoms with van der Waals surface area (Å²) in [6, 6.07) is 13.3. The highest BCUT2D eigenvalue weighted by atomic mass is 15.3. The van der Waals surface area contributed by atoms with Gasteiger partial charge in [-0.15, -0.1) is 10.2 Å². The molecule has 1 aromatic heterocycles. The highest BCUT2D eigenvalue weighted by Gasteiger charge is 2.42. The highest BCUT2D eigenvalue weighted by molar-refractivity contribution is 6.04. The maximum Gasteiger partial charge on any atom is 0.182 e. The molecule has 3 unspecified atom stereocenters. The van der Waals surface area contributed by atoms with Gasteiger partial charge in [0.05, 0.1) is 0 Å². The minimum Gasteiger partial charge on any atom is -0.356 e. The second-order valence-corrected chi connectivity index (χ2v) is 8.92. The minimum absolute atomic E-state index is 0.430. The van der Waals surface area contributed by atoms with Crippen LogP contribution in [0, 0.1) is 6.92 Å². The van der Waals surface area contributed by atoms with Crippen LogP contribution in [0.5, 0.6) is 0 Å². The molecule has 5 nitrogen and oxygen atoms in total. The van der Waals surface area contributed by atoms with Crippen molar-refractivity contribution in [2.45, 2.75) is 83.0 Å². The molecular weight excluding hydrogens is 345 g/mol. The fourth-order valence-corrected chi connectivity index (χ4v) is 5.49. The van der Waals surface area contributed by atoms with Gasteiger partial charge in [0, 0.05) is 36.6 Å². The molecule has 3 atom stereocenters. The Morgan fingerprint density at radius 1 is 1.07 bits per heavy atom. The Balaban J connectivity index is 1.43. The van der Waals surface area contributed by atoms with E-state index in [4.69, 9.17) is 0 Å². The van der Waals surface area contributed by atoms with E-state index >= 15 is 0 Å². The quantitative estimate of drug-likeness (QED) is 0.751. The van der Waals surface area contributed by atoms with Gasteiger partial charge in [-0.05, 0) is 44.6 Å². The number of aryl methyl sites for hydroxylation is 1. The van der Waals surface area contributed by atoms with Gasteiger partial charge in [-0.1, -0.05) is 44.2 Å². The van der Waals surface area contributed by atoms with Crippen LogP contribution >= 0.6 is 0 Å². The van der Waals surface area contributed by atoms with Crippen LogP contribution in [-0.2, 0) is 0 Å². The first-order chi connectivity index (χ1) is 13.6. The summed E-state index contributed by atoms with van der Waals surface area (Å²) < 4.78 is 2.45. The predicted molar refractivity (Wildman–Crippen MR) is 116 cm³/mol. The van der Waals surface area contributed by atoms with Gasteiger partial charge in [-0.2, -0.15) is 0 Å². The van der Waals surface area contributed by atoms with Crippen LogP contribution in [-0.4, -0.2) is 46.3 Å². The third kappa shape index (κ3) is 3.77. The molecule has 3 heterocycles. The van der Waals surface area contributed by atoms with Crippen LogP contribution in [0.1, 0.15) is 81.2 Å².